The smallest absolute Gasteiger partial charge is 0.126 e. The van der Waals surface area contributed by atoms with Crippen LogP contribution in [0.5, 0.6) is 0 Å². The molecule has 0 unspecified atom stereocenters. The molecule has 0 aromatic heterocycles. The first-order valence-electron chi connectivity index (χ1n) is 6.60. The Morgan fingerprint density at radius 3 is 1.29 bits per heavy atom. The molecule has 0 radical (unpaired) electrons. The quantitative estimate of drug-likeness (QED) is 0.358. The van der Waals surface area contributed by atoms with Gasteiger partial charge in [0.2, 0.25) is 0 Å². The van der Waals surface area contributed by atoms with Gasteiger partial charge in [0.05, 0.1) is 8.07 Å². The van der Waals surface area contributed by atoms with E-state index in [0.717, 1.165) is 29.1 Å². The molecule has 0 fully saturated rings. The van der Waals surface area contributed by atoms with Crippen LogP contribution in [-0.4, -0.2) is 14.1 Å². The standard InChI is InChI=1S/C12H27Cl3Si2/c1-10(2)16(11(3)4,12(5)6)8-7-9-17(13,14)15/h10-12H,7-9H2,1-6H3. The summed E-state index contributed by atoms with van der Waals surface area (Å²) in [6.07, 6.45) is 1.10. The molecule has 0 aliphatic carbocycles. The maximum atomic E-state index is 5.99. The van der Waals surface area contributed by atoms with Crippen LogP contribution < -0.4 is 0 Å². The van der Waals surface area contributed by atoms with E-state index in [1.165, 1.54) is 6.04 Å². The van der Waals surface area contributed by atoms with Crippen molar-refractivity contribution in [3.05, 3.63) is 0 Å². The van der Waals surface area contributed by atoms with Crippen molar-refractivity contribution in [2.24, 2.45) is 0 Å². The normalized spacial score (nSPS) is 14.1. The molecule has 0 aromatic carbocycles. The van der Waals surface area contributed by atoms with Gasteiger partial charge >= 0.3 is 6.00 Å². The zero-order chi connectivity index (χ0) is 13.9. The minimum absolute atomic E-state index is 0.805. The summed E-state index contributed by atoms with van der Waals surface area (Å²) in [5.41, 5.74) is 2.42. The average Bonchev–Trinajstić information content (AvgIpc) is 2.08. The van der Waals surface area contributed by atoms with Crippen LogP contribution in [0.3, 0.4) is 0 Å². The van der Waals surface area contributed by atoms with Crippen molar-refractivity contribution in [2.45, 2.75) is 76.7 Å². The molecule has 0 aliphatic heterocycles. The highest BCUT2D eigenvalue weighted by molar-refractivity contribution is 7.64. The minimum Gasteiger partial charge on any atom is -0.126 e. The van der Waals surface area contributed by atoms with Crippen LogP contribution in [0.1, 0.15) is 48.0 Å². The van der Waals surface area contributed by atoms with Crippen molar-refractivity contribution >= 4 is 47.3 Å². The number of hydrogen-bond donors (Lipinski definition) is 0. The Morgan fingerprint density at radius 2 is 1.06 bits per heavy atom. The molecule has 0 amide bonds. The van der Waals surface area contributed by atoms with Gasteiger partial charge in [-0.1, -0.05) is 70.6 Å². The van der Waals surface area contributed by atoms with Gasteiger partial charge in [-0.3, -0.25) is 0 Å². The summed E-state index contributed by atoms with van der Waals surface area (Å²) in [5.74, 6) is 0. The Bertz CT molecular complexity index is 201. The number of halogens is 3. The van der Waals surface area contributed by atoms with Gasteiger partial charge in [-0.25, -0.2) is 0 Å². The maximum Gasteiger partial charge on any atom is 0.341 e. The van der Waals surface area contributed by atoms with Crippen molar-refractivity contribution in [2.75, 3.05) is 0 Å². The summed E-state index contributed by atoms with van der Waals surface area (Å²) in [4.78, 5) is 0. The van der Waals surface area contributed by atoms with Crippen molar-refractivity contribution in [1.82, 2.24) is 0 Å². The molecule has 0 saturated heterocycles. The fraction of sp³-hybridized carbons (Fsp3) is 1.00. The predicted octanol–water partition coefficient (Wildman–Crippen LogP) is 6.71. The fourth-order valence-electron chi connectivity index (χ4n) is 3.46. The molecular weight excluding hydrogens is 307 g/mol. The second-order valence-electron chi connectivity index (χ2n) is 6.05. The molecule has 5 heteroatoms. The second-order valence-corrected chi connectivity index (χ2v) is 21.5. The van der Waals surface area contributed by atoms with Gasteiger partial charge in [0, 0.05) is 0 Å². The monoisotopic (exact) mass is 332 g/mol. The van der Waals surface area contributed by atoms with E-state index < -0.39 is 14.1 Å². The summed E-state index contributed by atoms with van der Waals surface area (Å²) in [6.45, 7) is 14.3. The molecule has 0 spiro atoms. The molecule has 0 heterocycles. The lowest BCUT2D eigenvalue weighted by Crippen LogP contribution is -2.44. The second kappa shape index (κ2) is 7.18. The minimum atomic E-state index is -2.42. The average molecular weight is 334 g/mol. The topological polar surface area (TPSA) is 0 Å². The van der Waals surface area contributed by atoms with Crippen LogP contribution in [0, 0.1) is 0 Å². The van der Waals surface area contributed by atoms with E-state index in [0.29, 0.717) is 0 Å². The third-order valence-electron chi connectivity index (χ3n) is 4.29. The Hall–Kier alpha value is 1.30. The number of rotatable bonds is 7. The maximum absolute atomic E-state index is 5.99. The van der Waals surface area contributed by atoms with Gasteiger partial charge < -0.3 is 0 Å². The van der Waals surface area contributed by atoms with Crippen molar-refractivity contribution in [3.8, 4) is 0 Å². The molecule has 17 heavy (non-hydrogen) atoms. The van der Waals surface area contributed by atoms with Gasteiger partial charge in [-0.15, -0.1) is 33.2 Å². The lowest BCUT2D eigenvalue weighted by Gasteiger charge is -2.43. The van der Waals surface area contributed by atoms with E-state index in [2.05, 4.69) is 41.5 Å². The van der Waals surface area contributed by atoms with E-state index >= 15 is 0 Å². The SMILES string of the molecule is CC(C)[Si](CCC[Si](Cl)(Cl)Cl)(C(C)C)C(C)C. The first kappa shape index (κ1) is 18.3. The summed E-state index contributed by atoms with van der Waals surface area (Å²) < 4.78 is 0. The lowest BCUT2D eigenvalue weighted by atomic mass is 10.5. The zero-order valence-electron chi connectivity index (χ0n) is 12.0. The van der Waals surface area contributed by atoms with E-state index in [9.17, 15) is 0 Å². The molecule has 0 nitrogen and oxygen atoms in total. The Morgan fingerprint density at radius 1 is 0.706 bits per heavy atom. The largest absolute Gasteiger partial charge is 0.341 e. The van der Waals surface area contributed by atoms with E-state index in [1.54, 1.807) is 0 Å². The summed E-state index contributed by atoms with van der Waals surface area (Å²) >= 11 is 18.0. The van der Waals surface area contributed by atoms with Crippen LogP contribution in [-0.2, 0) is 0 Å². The fourth-order valence-corrected chi connectivity index (χ4v) is 12.1. The first-order valence-corrected chi connectivity index (χ1v) is 14.3. The molecule has 0 N–H and O–H groups in total. The first-order chi connectivity index (χ1) is 7.54. The van der Waals surface area contributed by atoms with Gasteiger partial charge in [0.1, 0.15) is 0 Å². The van der Waals surface area contributed by atoms with Gasteiger partial charge in [-0.2, -0.15) is 0 Å². The van der Waals surface area contributed by atoms with Crippen LogP contribution in [0.2, 0.25) is 28.7 Å². The van der Waals surface area contributed by atoms with Gasteiger partial charge in [0.25, 0.3) is 0 Å². The van der Waals surface area contributed by atoms with Crippen LogP contribution in [0.4, 0.5) is 0 Å². The van der Waals surface area contributed by atoms with Crippen LogP contribution in [0.25, 0.3) is 0 Å². The predicted molar refractivity (Wildman–Crippen MR) is 88.6 cm³/mol. The Labute approximate surface area is 124 Å². The van der Waals surface area contributed by atoms with Crippen LogP contribution in [0.15, 0.2) is 0 Å². The van der Waals surface area contributed by atoms with E-state index in [1.807, 2.05) is 0 Å². The van der Waals surface area contributed by atoms with Crippen molar-refractivity contribution < 1.29 is 0 Å². The molecule has 0 aromatic rings. The van der Waals surface area contributed by atoms with Crippen molar-refractivity contribution in [1.29, 1.82) is 0 Å². The number of hydrogen-bond acceptors (Lipinski definition) is 0. The Kier molecular flexibility index (Phi) is 7.73. The lowest BCUT2D eigenvalue weighted by molar-refractivity contribution is 0.782. The summed E-state index contributed by atoms with van der Waals surface area (Å²) in [7, 11) is -1.28. The van der Waals surface area contributed by atoms with Gasteiger partial charge in [0.15, 0.2) is 0 Å². The molecule has 0 aliphatic rings. The highest BCUT2D eigenvalue weighted by Crippen LogP contribution is 2.46. The third kappa shape index (κ3) is 5.44. The zero-order valence-corrected chi connectivity index (χ0v) is 16.3. The third-order valence-corrected chi connectivity index (χ3v) is 14.6. The molecule has 0 bridgehead atoms. The molecule has 0 atom stereocenters. The highest BCUT2D eigenvalue weighted by atomic mass is 35.8. The van der Waals surface area contributed by atoms with Gasteiger partial charge in [-0.05, 0) is 6.04 Å². The highest BCUT2D eigenvalue weighted by Gasteiger charge is 2.42. The Balaban J connectivity index is 4.71. The summed E-state index contributed by atoms with van der Waals surface area (Å²) in [6, 6.07) is -0.298. The molecule has 0 rings (SSSR count). The summed E-state index contributed by atoms with van der Waals surface area (Å²) in [5, 5.41) is 0. The molecular formula is C12H27Cl3Si2. The van der Waals surface area contributed by atoms with Crippen molar-refractivity contribution in [3.63, 3.8) is 0 Å². The molecule has 0 saturated carbocycles. The van der Waals surface area contributed by atoms with E-state index in [-0.39, 0.29) is 0 Å². The molecule has 104 valence electrons. The van der Waals surface area contributed by atoms with Crippen LogP contribution >= 0.6 is 33.2 Å². The van der Waals surface area contributed by atoms with E-state index in [4.69, 9.17) is 33.2 Å².